The van der Waals surface area contributed by atoms with E-state index in [2.05, 4.69) is 11.8 Å². The summed E-state index contributed by atoms with van der Waals surface area (Å²) in [5, 5.41) is 1.05. The molecule has 0 unspecified atom stereocenters. The Bertz CT molecular complexity index is 232. The van der Waals surface area contributed by atoms with Crippen LogP contribution in [-0.4, -0.2) is 23.2 Å². The van der Waals surface area contributed by atoms with E-state index in [4.69, 9.17) is 10.6 Å². The van der Waals surface area contributed by atoms with Crippen molar-refractivity contribution in [3.8, 4) is 11.8 Å². The Morgan fingerprint density at radius 2 is 2.08 bits per heavy atom. The Labute approximate surface area is 79.0 Å². The summed E-state index contributed by atoms with van der Waals surface area (Å²) in [5.74, 6) is 10.7. The van der Waals surface area contributed by atoms with Gasteiger partial charge in [0, 0.05) is 0 Å². The maximum absolute atomic E-state index is 11.2. The van der Waals surface area contributed by atoms with Crippen LogP contribution < -0.4 is 5.84 Å². The number of carbonyl (C=O) groups excluding carboxylic acids is 1. The molecule has 0 saturated heterocycles. The Hall–Kier alpha value is -1.21. The van der Waals surface area contributed by atoms with Gasteiger partial charge in [0.05, 0.1) is 5.54 Å². The number of nitrogens with zero attached hydrogens (tertiary/aromatic N) is 1. The van der Waals surface area contributed by atoms with E-state index in [-0.39, 0.29) is 6.61 Å². The molecule has 0 saturated carbocycles. The number of amides is 1. The van der Waals surface area contributed by atoms with Crippen LogP contribution in [0.25, 0.3) is 0 Å². The molecule has 4 heteroatoms. The van der Waals surface area contributed by atoms with Crippen LogP contribution >= 0.6 is 0 Å². The second kappa shape index (κ2) is 4.73. The van der Waals surface area contributed by atoms with Crippen LogP contribution in [0.3, 0.4) is 0 Å². The monoisotopic (exact) mass is 184 g/mol. The Morgan fingerprint density at radius 3 is 2.46 bits per heavy atom. The zero-order valence-electron chi connectivity index (χ0n) is 8.55. The van der Waals surface area contributed by atoms with Gasteiger partial charge in [-0.2, -0.15) is 0 Å². The summed E-state index contributed by atoms with van der Waals surface area (Å²) in [6.45, 7) is 7.22. The first kappa shape index (κ1) is 11.8. The molecule has 74 valence electrons. The second-order valence-corrected chi connectivity index (χ2v) is 3.52. The highest BCUT2D eigenvalue weighted by Crippen LogP contribution is 2.08. The highest BCUT2D eigenvalue weighted by Gasteiger charge is 2.24. The molecule has 4 nitrogen and oxygen atoms in total. The van der Waals surface area contributed by atoms with Crippen molar-refractivity contribution in [2.24, 2.45) is 5.84 Å². The number of rotatable bonds is 1. The SMILES string of the molecule is CC#CCOC(=O)N(N)C(C)(C)C. The smallest absolute Gasteiger partial charge is 0.425 e. The molecule has 0 atom stereocenters. The van der Waals surface area contributed by atoms with Gasteiger partial charge in [-0.1, -0.05) is 5.92 Å². The average Bonchev–Trinajstić information content (AvgIpc) is 2.01. The van der Waals surface area contributed by atoms with Crippen LogP contribution in [0.1, 0.15) is 27.7 Å². The van der Waals surface area contributed by atoms with Gasteiger partial charge in [-0.05, 0) is 27.7 Å². The molecule has 0 aromatic carbocycles. The quantitative estimate of drug-likeness (QED) is 0.287. The fourth-order valence-electron chi connectivity index (χ4n) is 0.513. The summed E-state index contributed by atoms with van der Waals surface area (Å²) in [5.41, 5.74) is -0.434. The Morgan fingerprint density at radius 1 is 1.54 bits per heavy atom. The minimum atomic E-state index is -0.560. The van der Waals surface area contributed by atoms with Crippen LogP contribution in [0.2, 0.25) is 0 Å². The molecule has 0 fully saturated rings. The normalized spacial score (nSPS) is 9.92. The molecule has 0 radical (unpaired) electrons. The number of hydrogen-bond acceptors (Lipinski definition) is 3. The lowest BCUT2D eigenvalue weighted by atomic mass is 10.1. The number of nitrogens with two attached hydrogens (primary N) is 1. The van der Waals surface area contributed by atoms with Crippen molar-refractivity contribution >= 4 is 6.09 Å². The van der Waals surface area contributed by atoms with Gasteiger partial charge >= 0.3 is 6.09 Å². The van der Waals surface area contributed by atoms with Crippen molar-refractivity contribution < 1.29 is 9.53 Å². The molecule has 0 spiro atoms. The highest BCUT2D eigenvalue weighted by atomic mass is 16.6. The molecule has 0 aliphatic carbocycles. The molecule has 0 aromatic rings. The van der Waals surface area contributed by atoms with Gasteiger partial charge in [-0.3, -0.25) is 0 Å². The summed E-state index contributed by atoms with van der Waals surface area (Å²) in [7, 11) is 0. The third-order valence-corrected chi connectivity index (χ3v) is 1.36. The van der Waals surface area contributed by atoms with Crippen molar-refractivity contribution in [3.05, 3.63) is 0 Å². The van der Waals surface area contributed by atoms with Gasteiger partial charge in [0.1, 0.15) is 0 Å². The fourth-order valence-corrected chi connectivity index (χ4v) is 0.513. The van der Waals surface area contributed by atoms with Crippen molar-refractivity contribution in [1.29, 1.82) is 0 Å². The van der Waals surface area contributed by atoms with Crippen molar-refractivity contribution in [2.75, 3.05) is 6.61 Å². The van der Waals surface area contributed by atoms with Gasteiger partial charge in [0.25, 0.3) is 0 Å². The fraction of sp³-hybridized carbons (Fsp3) is 0.667. The molecule has 0 aliphatic rings. The van der Waals surface area contributed by atoms with E-state index in [1.54, 1.807) is 6.92 Å². The molecule has 13 heavy (non-hydrogen) atoms. The largest absolute Gasteiger partial charge is 0.435 e. The van der Waals surface area contributed by atoms with Crippen molar-refractivity contribution in [3.63, 3.8) is 0 Å². The van der Waals surface area contributed by atoms with E-state index in [1.165, 1.54) is 0 Å². The first-order valence-corrected chi connectivity index (χ1v) is 4.01. The zero-order valence-corrected chi connectivity index (χ0v) is 8.55. The molecule has 0 heterocycles. The molecule has 0 aromatic heterocycles. The second-order valence-electron chi connectivity index (χ2n) is 3.52. The van der Waals surface area contributed by atoms with Gasteiger partial charge in [0.2, 0.25) is 0 Å². The average molecular weight is 184 g/mol. The number of carbonyl (C=O) groups is 1. The minimum Gasteiger partial charge on any atom is -0.435 e. The van der Waals surface area contributed by atoms with E-state index < -0.39 is 11.6 Å². The van der Waals surface area contributed by atoms with E-state index in [1.807, 2.05) is 20.8 Å². The van der Waals surface area contributed by atoms with Crippen LogP contribution in [0.5, 0.6) is 0 Å². The van der Waals surface area contributed by atoms with Gasteiger partial charge in [-0.15, -0.1) is 5.92 Å². The molecule has 1 amide bonds. The molecule has 0 bridgehead atoms. The van der Waals surface area contributed by atoms with Gasteiger partial charge in [-0.25, -0.2) is 15.6 Å². The summed E-state index contributed by atoms with van der Waals surface area (Å²) in [6, 6.07) is 0. The van der Waals surface area contributed by atoms with E-state index in [9.17, 15) is 4.79 Å². The third-order valence-electron chi connectivity index (χ3n) is 1.36. The molecule has 0 aliphatic heterocycles. The minimum absolute atomic E-state index is 0.0825. The van der Waals surface area contributed by atoms with Crippen molar-refractivity contribution in [1.82, 2.24) is 5.01 Å². The predicted molar refractivity (Wildman–Crippen MR) is 50.6 cm³/mol. The topological polar surface area (TPSA) is 55.6 Å². The van der Waals surface area contributed by atoms with E-state index in [0.717, 1.165) is 5.01 Å². The highest BCUT2D eigenvalue weighted by molar-refractivity contribution is 5.67. The van der Waals surface area contributed by atoms with E-state index in [0.29, 0.717) is 0 Å². The van der Waals surface area contributed by atoms with Gasteiger partial charge in [0.15, 0.2) is 6.61 Å². The Balaban J connectivity index is 4.02. The number of hydrogen-bond donors (Lipinski definition) is 1. The lowest BCUT2D eigenvalue weighted by Crippen LogP contribution is -2.50. The van der Waals surface area contributed by atoms with Crippen LogP contribution in [0.15, 0.2) is 0 Å². The standard InChI is InChI=1S/C9H16N2O2/c1-5-6-7-13-8(12)11(10)9(2,3)4/h7,10H2,1-4H3. The van der Waals surface area contributed by atoms with Gasteiger partial charge < -0.3 is 4.74 Å². The Kier molecular flexibility index (Phi) is 4.29. The summed E-state index contributed by atoms with van der Waals surface area (Å²) in [6.07, 6.45) is -0.560. The lowest BCUT2D eigenvalue weighted by Gasteiger charge is -2.29. The summed E-state index contributed by atoms with van der Waals surface area (Å²) >= 11 is 0. The maximum atomic E-state index is 11.2. The third kappa shape index (κ3) is 4.38. The summed E-state index contributed by atoms with van der Waals surface area (Å²) < 4.78 is 4.76. The van der Waals surface area contributed by atoms with Crippen LogP contribution in [0.4, 0.5) is 4.79 Å². The zero-order chi connectivity index (χ0) is 10.5. The molecular weight excluding hydrogens is 168 g/mol. The molecule has 0 rings (SSSR count). The lowest BCUT2D eigenvalue weighted by molar-refractivity contribution is 0.0764. The maximum Gasteiger partial charge on any atom is 0.425 e. The van der Waals surface area contributed by atoms with Crippen molar-refractivity contribution in [2.45, 2.75) is 33.2 Å². The van der Waals surface area contributed by atoms with E-state index >= 15 is 0 Å². The summed E-state index contributed by atoms with van der Waals surface area (Å²) in [4.78, 5) is 11.2. The first-order chi connectivity index (χ1) is 5.89. The number of ether oxygens (including phenoxy) is 1. The number of hydrazine groups is 1. The first-order valence-electron chi connectivity index (χ1n) is 4.01. The predicted octanol–water partition coefficient (Wildman–Crippen LogP) is 1.12. The molecular formula is C9H16N2O2. The van der Waals surface area contributed by atoms with Crippen LogP contribution in [0, 0.1) is 11.8 Å². The van der Waals surface area contributed by atoms with Crippen LogP contribution in [-0.2, 0) is 4.74 Å². The molecule has 2 N–H and O–H groups in total.